The number of ether oxygens (including phenoxy) is 2. The molecule has 2 radical (unpaired) electrons. The standard InChI is InChI=1S/C28H36O8Si2/c1-8-31-19-20-32-21-26(33-35-27(29)22-11-15-24(16-12-22)37(4,5)9-2)34-36-28(30)23-13-17-25(18-14-23)38(6,7)10-3/h9-18H,1-3,8,19-21H2,4-7H3. The minimum Gasteiger partial charge on any atom is -0.379 e. The molecule has 2 aromatic carbocycles. The first kappa shape index (κ1) is 31.4. The molecule has 38 heavy (non-hydrogen) atoms. The van der Waals surface area contributed by atoms with E-state index in [1.54, 1.807) is 24.3 Å². The Kier molecular flexibility index (Phi) is 12.3. The molecular formula is C28H36O8Si2. The van der Waals surface area contributed by atoms with Crippen LogP contribution in [0, 0.1) is 13.2 Å². The second kappa shape index (κ2) is 14.9. The van der Waals surface area contributed by atoms with Crippen LogP contribution in [0.25, 0.3) is 0 Å². The van der Waals surface area contributed by atoms with Crippen molar-refractivity contribution in [3.05, 3.63) is 97.4 Å². The van der Waals surface area contributed by atoms with Gasteiger partial charge in [0.05, 0.1) is 24.3 Å². The Morgan fingerprint density at radius 1 is 0.684 bits per heavy atom. The lowest BCUT2D eigenvalue weighted by molar-refractivity contribution is -0.368. The van der Waals surface area contributed by atoms with Crippen LogP contribution < -0.4 is 10.4 Å². The van der Waals surface area contributed by atoms with Crippen LogP contribution >= 0.6 is 0 Å². The number of hydrogen-bond donors (Lipinski definition) is 0. The van der Waals surface area contributed by atoms with E-state index in [2.05, 4.69) is 46.3 Å². The predicted octanol–water partition coefficient (Wildman–Crippen LogP) is 4.20. The van der Waals surface area contributed by atoms with Crippen molar-refractivity contribution in [1.82, 2.24) is 0 Å². The highest BCUT2D eigenvalue weighted by Crippen LogP contribution is 2.14. The van der Waals surface area contributed by atoms with Crippen LogP contribution in [-0.4, -0.2) is 54.5 Å². The van der Waals surface area contributed by atoms with Gasteiger partial charge < -0.3 is 9.47 Å². The smallest absolute Gasteiger partial charge is 0.373 e. The predicted molar refractivity (Wildman–Crippen MR) is 151 cm³/mol. The molecule has 0 aliphatic carbocycles. The second-order valence-corrected chi connectivity index (χ2v) is 18.3. The molecule has 0 aliphatic rings. The summed E-state index contributed by atoms with van der Waals surface area (Å²) in [5, 5.41) is 2.24. The van der Waals surface area contributed by atoms with Crippen LogP contribution in [0.1, 0.15) is 20.7 Å². The van der Waals surface area contributed by atoms with Crippen LogP contribution in [0.15, 0.2) is 73.1 Å². The molecule has 0 atom stereocenters. The first-order valence-corrected chi connectivity index (χ1v) is 18.3. The van der Waals surface area contributed by atoms with Gasteiger partial charge in [-0.3, -0.25) is 9.78 Å². The highest BCUT2D eigenvalue weighted by atomic mass is 28.3. The summed E-state index contributed by atoms with van der Waals surface area (Å²) in [6.45, 7) is 20.4. The fourth-order valence-electron chi connectivity index (χ4n) is 3.01. The Morgan fingerprint density at radius 3 is 1.45 bits per heavy atom. The average Bonchev–Trinajstić information content (AvgIpc) is 2.93. The van der Waals surface area contributed by atoms with E-state index >= 15 is 0 Å². The molecule has 8 nitrogen and oxygen atoms in total. The van der Waals surface area contributed by atoms with Crippen molar-refractivity contribution >= 4 is 38.5 Å². The van der Waals surface area contributed by atoms with E-state index in [0.717, 1.165) is 10.4 Å². The molecule has 204 valence electrons. The fraction of sp³-hybridized carbons (Fsp3) is 0.286. The Bertz CT molecular complexity index is 986. The van der Waals surface area contributed by atoms with Gasteiger partial charge in [-0.15, -0.1) is 22.9 Å². The third-order valence-electron chi connectivity index (χ3n) is 5.91. The maximum atomic E-state index is 12.5. The van der Waals surface area contributed by atoms with Gasteiger partial charge in [0.2, 0.25) is 0 Å². The molecule has 0 saturated carbocycles. The van der Waals surface area contributed by atoms with Crippen LogP contribution in [0.4, 0.5) is 0 Å². The van der Waals surface area contributed by atoms with E-state index in [9.17, 15) is 9.59 Å². The number of rotatable bonds is 16. The number of carbonyl (C=O) groups excluding carboxylic acids is 2. The third kappa shape index (κ3) is 9.46. The van der Waals surface area contributed by atoms with E-state index in [-0.39, 0.29) is 37.2 Å². The van der Waals surface area contributed by atoms with Crippen molar-refractivity contribution < 1.29 is 38.6 Å². The average molecular weight is 557 g/mol. The molecule has 0 unspecified atom stereocenters. The number of benzene rings is 2. The van der Waals surface area contributed by atoms with Crippen molar-refractivity contribution in [3.8, 4) is 0 Å². The zero-order valence-electron chi connectivity index (χ0n) is 22.5. The largest absolute Gasteiger partial charge is 0.379 e. The van der Waals surface area contributed by atoms with Crippen molar-refractivity contribution in [1.29, 1.82) is 0 Å². The van der Waals surface area contributed by atoms with Gasteiger partial charge in [-0.25, -0.2) is 9.59 Å². The Hall–Kier alpha value is -2.87. The van der Waals surface area contributed by atoms with Gasteiger partial charge in [-0.2, -0.15) is 0 Å². The summed E-state index contributed by atoms with van der Waals surface area (Å²) in [7, 11) is -3.52. The maximum Gasteiger partial charge on any atom is 0.373 e. The molecule has 10 heteroatoms. The van der Waals surface area contributed by atoms with E-state index in [0.29, 0.717) is 6.61 Å². The van der Waals surface area contributed by atoms with Gasteiger partial charge in [0.15, 0.2) is 0 Å². The summed E-state index contributed by atoms with van der Waals surface area (Å²) in [5.74, 6) is -1.51. The lowest BCUT2D eigenvalue weighted by Crippen LogP contribution is -2.39. The third-order valence-corrected chi connectivity index (χ3v) is 11.6. The molecule has 0 heterocycles. The second-order valence-electron chi connectivity index (χ2n) is 9.45. The summed E-state index contributed by atoms with van der Waals surface area (Å²) in [4.78, 5) is 44.8. The zero-order valence-corrected chi connectivity index (χ0v) is 24.5. The van der Waals surface area contributed by atoms with Crippen LogP contribution in [0.5, 0.6) is 0 Å². The fourth-order valence-corrected chi connectivity index (χ4v) is 5.53. The lowest BCUT2D eigenvalue weighted by atomic mass is 10.2. The molecule has 0 aliphatic heterocycles. The molecule has 2 aromatic rings. The van der Waals surface area contributed by atoms with Crippen LogP contribution in [-0.2, 0) is 29.0 Å². The topological polar surface area (TPSA) is 89.5 Å². The lowest BCUT2D eigenvalue weighted by Gasteiger charge is -2.18. The van der Waals surface area contributed by atoms with Crippen molar-refractivity contribution in [2.24, 2.45) is 0 Å². The van der Waals surface area contributed by atoms with Crippen molar-refractivity contribution in [3.63, 3.8) is 0 Å². The molecular weight excluding hydrogens is 520 g/mol. The maximum absolute atomic E-state index is 12.5. The van der Waals surface area contributed by atoms with Crippen LogP contribution in [0.3, 0.4) is 0 Å². The monoisotopic (exact) mass is 556 g/mol. The summed E-state index contributed by atoms with van der Waals surface area (Å²) in [6, 6.07) is 14.0. The first-order chi connectivity index (χ1) is 18.0. The Morgan fingerprint density at radius 2 is 1.08 bits per heavy atom. The first-order valence-electron chi connectivity index (χ1n) is 12.1. The van der Waals surface area contributed by atoms with E-state index in [1.807, 2.05) is 35.7 Å². The highest BCUT2D eigenvalue weighted by molar-refractivity contribution is 6.94. The minimum absolute atomic E-state index is 0.183. The molecule has 0 bridgehead atoms. The molecule has 0 fully saturated rings. The van der Waals surface area contributed by atoms with Crippen molar-refractivity contribution in [2.45, 2.75) is 26.2 Å². The number of hydrogen-bond acceptors (Lipinski definition) is 8. The molecule has 0 saturated heterocycles. The van der Waals surface area contributed by atoms with Gasteiger partial charge in [-0.1, -0.05) is 72.2 Å². The summed E-state index contributed by atoms with van der Waals surface area (Å²) >= 11 is 0. The van der Waals surface area contributed by atoms with Gasteiger partial charge in [0, 0.05) is 6.61 Å². The summed E-state index contributed by atoms with van der Waals surface area (Å²) in [5.41, 5.74) is 4.47. The summed E-state index contributed by atoms with van der Waals surface area (Å²) < 4.78 is 10.5. The number of carbonyl (C=O) groups is 2. The van der Waals surface area contributed by atoms with E-state index in [4.69, 9.17) is 29.0 Å². The normalized spacial score (nSPS) is 11.7. The molecule has 0 N–H and O–H groups in total. The summed E-state index contributed by atoms with van der Waals surface area (Å²) in [6.07, 6.45) is -0.380. The van der Waals surface area contributed by atoms with Crippen molar-refractivity contribution in [2.75, 3.05) is 26.4 Å². The van der Waals surface area contributed by atoms with Gasteiger partial charge >= 0.3 is 18.2 Å². The van der Waals surface area contributed by atoms with E-state index < -0.39 is 28.1 Å². The highest BCUT2D eigenvalue weighted by Gasteiger charge is 2.24. The Balaban J connectivity index is 1.98. The minimum atomic E-state index is -1.76. The quantitative estimate of drug-likeness (QED) is 0.132. The van der Waals surface area contributed by atoms with Gasteiger partial charge in [0.25, 0.3) is 0 Å². The van der Waals surface area contributed by atoms with Crippen LogP contribution in [0.2, 0.25) is 26.2 Å². The van der Waals surface area contributed by atoms with Gasteiger partial charge in [-0.05, 0) is 31.2 Å². The van der Waals surface area contributed by atoms with Gasteiger partial charge in [0.1, 0.15) is 22.8 Å². The van der Waals surface area contributed by atoms with E-state index in [1.165, 1.54) is 0 Å². The molecule has 0 spiro atoms. The molecule has 2 rings (SSSR count). The molecule has 0 amide bonds. The SMILES string of the molecule is [CH2]COCCOC[C](OOC(=O)c1ccc([Si](C)(C)C=C)cc1)OOC(=O)c1ccc([Si](C)(C)C=C)cc1. The molecule has 0 aromatic heterocycles. The zero-order chi connectivity index (χ0) is 28.2. The Labute approximate surface area is 227 Å².